The van der Waals surface area contributed by atoms with Gasteiger partial charge in [-0.05, 0) is 25.0 Å². The van der Waals surface area contributed by atoms with Crippen molar-refractivity contribution in [2.24, 2.45) is 11.1 Å². The minimum atomic E-state index is -0.732. The van der Waals surface area contributed by atoms with Gasteiger partial charge in [0.05, 0.1) is 5.41 Å². The smallest absolute Gasteiger partial charge is 0.232 e. The van der Waals surface area contributed by atoms with Crippen molar-refractivity contribution in [2.75, 3.05) is 25.1 Å². The van der Waals surface area contributed by atoms with Crippen LogP contribution in [0.4, 0.5) is 14.5 Å². The number of carbonyl (C=O) groups is 1. The van der Waals surface area contributed by atoms with Gasteiger partial charge in [-0.25, -0.2) is 8.78 Å². The Morgan fingerprint density at radius 3 is 2.37 bits per heavy atom. The second kappa shape index (κ2) is 5.63. The lowest BCUT2D eigenvalue weighted by atomic mass is 9.79. The number of hydrogen-bond acceptors (Lipinski definition) is 3. The van der Waals surface area contributed by atoms with Crippen LogP contribution in [0.2, 0.25) is 0 Å². The second-order valence-corrected chi connectivity index (χ2v) is 4.71. The Morgan fingerprint density at radius 2 is 1.84 bits per heavy atom. The molecule has 1 saturated heterocycles. The Kier molecular flexibility index (Phi) is 4.11. The molecule has 0 aromatic heterocycles. The molecule has 3 N–H and O–H groups in total. The monoisotopic (exact) mass is 270 g/mol. The standard InChI is InChI=1S/C13H16F2N2O2/c14-9-5-10(15)7-11(6-9)17-12(18)13(8-16)1-3-19-4-2-13/h5-7H,1-4,8,16H2,(H,17,18). The van der Waals surface area contributed by atoms with Gasteiger partial charge in [-0.15, -0.1) is 0 Å². The van der Waals surface area contributed by atoms with Crippen molar-refractivity contribution in [3.05, 3.63) is 29.8 Å². The lowest BCUT2D eigenvalue weighted by Gasteiger charge is -2.34. The Labute approximate surface area is 109 Å². The largest absolute Gasteiger partial charge is 0.381 e. The highest BCUT2D eigenvalue weighted by Gasteiger charge is 2.38. The van der Waals surface area contributed by atoms with E-state index in [2.05, 4.69) is 5.32 Å². The van der Waals surface area contributed by atoms with Crippen LogP contribution in [-0.4, -0.2) is 25.7 Å². The molecule has 1 amide bonds. The first-order chi connectivity index (χ1) is 9.05. The maximum absolute atomic E-state index is 13.1. The summed E-state index contributed by atoms with van der Waals surface area (Å²) in [5.74, 6) is -1.78. The Hall–Kier alpha value is -1.53. The third kappa shape index (κ3) is 3.08. The molecule has 0 spiro atoms. The van der Waals surface area contributed by atoms with Crippen LogP contribution in [0.25, 0.3) is 0 Å². The number of ether oxygens (including phenoxy) is 1. The molecule has 0 radical (unpaired) electrons. The normalized spacial score (nSPS) is 18.1. The predicted molar refractivity (Wildman–Crippen MR) is 66.5 cm³/mol. The Balaban J connectivity index is 2.14. The number of rotatable bonds is 3. The summed E-state index contributed by atoms with van der Waals surface area (Å²) >= 11 is 0. The molecule has 104 valence electrons. The van der Waals surface area contributed by atoms with Gasteiger partial charge in [-0.1, -0.05) is 0 Å². The molecule has 1 aromatic rings. The molecular weight excluding hydrogens is 254 g/mol. The SMILES string of the molecule is NCC1(C(=O)Nc2cc(F)cc(F)c2)CCOCC1. The topological polar surface area (TPSA) is 64.4 Å². The van der Waals surface area contributed by atoms with E-state index in [-0.39, 0.29) is 18.1 Å². The first-order valence-electron chi connectivity index (χ1n) is 6.11. The number of nitrogens with two attached hydrogens (primary N) is 1. The van der Waals surface area contributed by atoms with Gasteiger partial charge in [0.15, 0.2) is 0 Å². The first kappa shape index (κ1) is 13.9. The molecule has 1 heterocycles. The fourth-order valence-corrected chi connectivity index (χ4v) is 2.18. The fraction of sp³-hybridized carbons (Fsp3) is 0.462. The molecule has 0 aliphatic carbocycles. The van der Waals surface area contributed by atoms with Crippen molar-refractivity contribution >= 4 is 11.6 Å². The fourth-order valence-electron chi connectivity index (χ4n) is 2.18. The van der Waals surface area contributed by atoms with E-state index in [4.69, 9.17) is 10.5 Å². The van der Waals surface area contributed by atoms with Gasteiger partial charge >= 0.3 is 0 Å². The van der Waals surface area contributed by atoms with Crippen LogP contribution in [0, 0.1) is 17.0 Å². The van der Waals surface area contributed by atoms with E-state index in [9.17, 15) is 13.6 Å². The van der Waals surface area contributed by atoms with Gasteiger partial charge in [0, 0.05) is 31.5 Å². The van der Waals surface area contributed by atoms with Crippen LogP contribution in [0.15, 0.2) is 18.2 Å². The highest BCUT2D eigenvalue weighted by atomic mass is 19.1. The number of anilines is 1. The third-order valence-electron chi connectivity index (χ3n) is 3.44. The summed E-state index contributed by atoms with van der Waals surface area (Å²) in [6.07, 6.45) is 1.01. The van der Waals surface area contributed by atoms with Gasteiger partial charge in [0.1, 0.15) is 11.6 Å². The summed E-state index contributed by atoms with van der Waals surface area (Å²) in [5.41, 5.74) is 5.07. The van der Waals surface area contributed by atoms with Crippen LogP contribution in [0.3, 0.4) is 0 Å². The maximum Gasteiger partial charge on any atom is 0.232 e. The van der Waals surface area contributed by atoms with Crippen molar-refractivity contribution < 1.29 is 18.3 Å². The lowest BCUT2D eigenvalue weighted by Crippen LogP contribution is -2.46. The zero-order valence-electron chi connectivity index (χ0n) is 10.4. The zero-order chi connectivity index (χ0) is 13.9. The molecule has 0 saturated carbocycles. The minimum Gasteiger partial charge on any atom is -0.381 e. The zero-order valence-corrected chi connectivity index (χ0v) is 10.4. The van der Waals surface area contributed by atoms with E-state index >= 15 is 0 Å². The van der Waals surface area contributed by atoms with Crippen LogP contribution in [0.5, 0.6) is 0 Å². The van der Waals surface area contributed by atoms with Crippen LogP contribution < -0.4 is 11.1 Å². The van der Waals surface area contributed by atoms with Crippen molar-refractivity contribution in [3.63, 3.8) is 0 Å². The minimum absolute atomic E-state index is 0.0989. The van der Waals surface area contributed by atoms with Crippen LogP contribution in [0.1, 0.15) is 12.8 Å². The number of benzene rings is 1. The van der Waals surface area contributed by atoms with Crippen LogP contribution >= 0.6 is 0 Å². The molecule has 0 atom stereocenters. The summed E-state index contributed by atoms with van der Waals surface area (Å²) in [5, 5.41) is 2.53. The van der Waals surface area contributed by atoms with Gasteiger partial charge < -0.3 is 15.8 Å². The van der Waals surface area contributed by atoms with Gasteiger partial charge in [-0.3, -0.25) is 4.79 Å². The maximum atomic E-state index is 13.1. The summed E-state index contributed by atoms with van der Waals surface area (Å²) < 4.78 is 31.3. The van der Waals surface area contributed by atoms with Crippen molar-refractivity contribution in [1.29, 1.82) is 0 Å². The molecule has 19 heavy (non-hydrogen) atoms. The van der Waals surface area contributed by atoms with E-state index in [0.717, 1.165) is 18.2 Å². The van der Waals surface area contributed by atoms with Crippen LogP contribution in [-0.2, 0) is 9.53 Å². The van der Waals surface area contributed by atoms with Crippen molar-refractivity contribution in [3.8, 4) is 0 Å². The summed E-state index contributed by atoms with van der Waals surface area (Å²) in [6, 6.07) is 2.90. The number of amides is 1. The number of hydrogen-bond donors (Lipinski definition) is 2. The van der Waals surface area contributed by atoms with E-state index in [1.807, 2.05) is 0 Å². The molecule has 0 unspecified atom stereocenters. The molecule has 0 bridgehead atoms. The summed E-state index contributed by atoms with van der Waals surface area (Å²) in [4.78, 5) is 12.3. The van der Waals surface area contributed by atoms with E-state index in [1.54, 1.807) is 0 Å². The van der Waals surface area contributed by atoms with Gasteiger partial charge in [0.25, 0.3) is 0 Å². The van der Waals surface area contributed by atoms with E-state index < -0.39 is 17.0 Å². The molecule has 4 nitrogen and oxygen atoms in total. The van der Waals surface area contributed by atoms with Gasteiger partial charge in [0.2, 0.25) is 5.91 Å². The van der Waals surface area contributed by atoms with Crippen molar-refractivity contribution in [1.82, 2.24) is 0 Å². The van der Waals surface area contributed by atoms with Gasteiger partial charge in [-0.2, -0.15) is 0 Å². The molecule has 1 fully saturated rings. The first-order valence-corrected chi connectivity index (χ1v) is 6.11. The average molecular weight is 270 g/mol. The molecule has 6 heteroatoms. The average Bonchev–Trinajstić information content (AvgIpc) is 2.38. The number of nitrogens with one attached hydrogen (secondary N) is 1. The second-order valence-electron chi connectivity index (χ2n) is 4.71. The van der Waals surface area contributed by atoms with E-state index in [1.165, 1.54) is 0 Å². The number of halogens is 2. The van der Waals surface area contributed by atoms with Crippen molar-refractivity contribution in [2.45, 2.75) is 12.8 Å². The Bertz CT molecular complexity index is 453. The molecule has 1 aliphatic heterocycles. The Morgan fingerprint density at radius 1 is 1.26 bits per heavy atom. The summed E-state index contributed by atoms with van der Waals surface area (Å²) in [7, 11) is 0. The van der Waals surface area contributed by atoms with E-state index in [0.29, 0.717) is 26.1 Å². The highest BCUT2D eigenvalue weighted by Crippen LogP contribution is 2.31. The lowest BCUT2D eigenvalue weighted by molar-refractivity contribution is -0.130. The molecule has 2 rings (SSSR count). The summed E-state index contributed by atoms with van der Waals surface area (Å²) in [6.45, 7) is 1.10. The third-order valence-corrected chi connectivity index (χ3v) is 3.44. The predicted octanol–water partition coefficient (Wildman–Crippen LogP) is 1.66. The number of carbonyl (C=O) groups excluding carboxylic acids is 1. The molecule has 1 aromatic carbocycles. The molecule has 1 aliphatic rings. The quantitative estimate of drug-likeness (QED) is 0.878. The highest BCUT2D eigenvalue weighted by molar-refractivity contribution is 5.95. The molecular formula is C13H16F2N2O2.